The summed E-state index contributed by atoms with van der Waals surface area (Å²) in [7, 11) is 1.99. The number of nitrogen functional groups attached to an aromatic ring is 1. The van der Waals surface area contributed by atoms with Crippen molar-refractivity contribution in [1.29, 1.82) is 0 Å². The summed E-state index contributed by atoms with van der Waals surface area (Å²) in [5.41, 5.74) is 8.12. The van der Waals surface area contributed by atoms with Gasteiger partial charge < -0.3 is 10.6 Å². The van der Waals surface area contributed by atoms with Crippen LogP contribution in [0.5, 0.6) is 0 Å². The number of aryl methyl sites for hydroxylation is 2. The van der Waals surface area contributed by atoms with E-state index in [2.05, 4.69) is 37.7 Å². The number of nitrogens with two attached hydrogens (primary N) is 1. The van der Waals surface area contributed by atoms with Gasteiger partial charge >= 0.3 is 0 Å². The van der Waals surface area contributed by atoms with Gasteiger partial charge in [-0.05, 0) is 26.2 Å². The van der Waals surface area contributed by atoms with Crippen molar-refractivity contribution < 1.29 is 0 Å². The zero-order chi connectivity index (χ0) is 13.7. The molecule has 0 aromatic carbocycles. The van der Waals surface area contributed by atoms with Crippen LogP contribution in [0.15, 0.2) is 0 Å². The van der Waals surface area contributed by atoms with E-state index >= 15 is 0 Å². The van der Waals surface area contributed by atoms with E-state index in [4.69, 9.17) is 5.73 Å². The molecule has 0 fully saturated rings. The molecule has 4 nitrogen and oxygen atoms in total. The quantitative estimate of drug-likeness (QED) is 0.811. The van der Waals surface area contributed by atoms with Crippen molar-refractivity contribution in [2.75, 3.05) is 17.2 Å². The summed E-state index contributed by atoms with van der Waals surface area (Å²) in [5.74, 6) is 1.09. The summed E-state index contributed by atoms with van der Waals surface area (Å²) in [6, 6.07) is 0.499. The zero-order valence-electron chi connectivity index (χ0n) is 12.5. The van der Waals surface area contributed by atoms with Crippen LogP contribution >= 0.6 is 0 Å². The zero-order valence-corrected chi connectivity index (χ0v) is 12.5. The molecule has 0 bridgehead atoms. The second-order valence-corrected chi connectivity index (χ2v) is 4.97. The van der Waals surface area contributed by atoms with E-state index in [-0.39, 0.29) is 0 Å². The van der Waals surface area contributed by atoms with Crippen LogP contribution in [0.1, 0.15) is 52.7 Å². The summed E-state index contributed by atoms with van der Waals surface area (Å²) in [4.78, 5) is 2.41. The molecule has 0 radical (unpaired) electrons. The molecule has 0 aliphatic rings. The minimum Gasteiger partial charge on any atom is -0.394 e. The fourth-order valence-electron chi connectivity index (χ4n) is 2.27. The van der Waals surface area contributed by atoms with Crippen LogP contribution in [0.2, 0.25) is 0 Å². The molecule has 0 saturated carbocycles. The molecule has 0 saturated heterocycles. The van der Waals surface area contributed by atoms with Gasteiger partial charge in [0.15, 0.2) is 5.82 Å². The molecule has 0 aliphatic heterocycles. The molecular formula is C14H28N4. The molecule has 1 unspecified atom stereocenters. The maximum atomic E-state index is 6.25. The van der Waals surface area contributed by atoms with Gasteiger partial charge in [0.25, 0.3) is 0 Å². The fourth-order valence-corrected chi connectivity index (χ4v) is 2.27. The first-order valence-corrected chi connectivity index (χ1v) is 7.14. The van der Waals surface area contributed by atoms with Crippen molar-refractivity contribution in [3.63, 3.8) is 0 Å². The van der Waals surface area contributed by atoms with Crippen LogP contribution in [0, 0.1) is 0 Å². The van der Waals surface area contributed by atoms with Gasteiger partial charge in [-0.15, -0.1) is 0 Å². The normalized spacial score (nSPS) is 12.7. The largest absolute Gasteiger partial charge is 0.394 e. The lowest BCUT2D eigenvalue weighted by Crippen LogP contribution is -2.35. The van der Waals surface area contributed by atoms with Crippen LogP contribution in [-0.4, -0.2) is 22.4 Å². The Kier molecular flexibility index (Phi) is 5.51. The molecule has 1 aromatic heterocycles. The van der Waals surface area contributed by atoms with Crippen LogP contribution in [0.25, 0.3) is 0 Å². The molecule has 1 rings (SSSR count). The van der Waals surface area contributed by atoms with Gasteiger partial charge in [0.2, 0.25) is 0 Å². The predicted octanol–water partition coefficient (Wildman–Crippen LogP) is 2.97. The molecule has 0 amide bonds. The lowest BCUT2D eigenvalue weighted by Gasteiger charge is -2.31. The minimum absolute atomic E-state index is 0.499. The monoisotopic (exact) mass is 252 g/mol. The minimum atomic E-state index is 0.499. The second-order valence-electron chi connectivity index (χ2n) is 4.97. The average Bonchev–Trinajstić information content (AvgIpc) is 2.65. The summed E-state index contributed by atoms with van der Waals surface area (Å²) in [6.45, 7) is 9.85. The Hall–Kier alpha value is -1.19. The van der Waals surface area contributed by atoms with Crippen LogP contribution in [0.4, 0.5) is 11.5 Å². The van der Waals surface area contributed by atoms with Crippen molar-refractivity contribution in [2.45, 2.75) is 59.4 Å². The summed E-state index contributed by atoms with van der Waals surface area (Å²) in [5, 5.41) is 4.52. The van der Waals surface area contributed by atoms with E-state index in [1.165, 1.54) is 12.8 Å². The Balaban J connectivity index is 3.07. The van der Waals surface area contributed by atoms with Crippen LogP contribution in [-0.2, 0) is 13.5 Å². The smallest absolute Gasteiger partial charge is 0.150 e. The van der Waals surface area contributed by atoms with E-state index in [0.29, 0.717) is 6.04 Å². The lowest BCUT2D eigenvalue weighted by molar-refractivity contribution is 0.572. The number of rotatable bonds is 7. The molecule has 104 valence electrons. The first-order valence-electron chi connectivity index (χ1n) is 7.14. The van der Waals surface area contributed by atoms with Gasteiger partial charge in [-0.25, -0.2) is 0 Å². The van der Waals surface area contributed by atoms with Gasteiger partial charge in [-0.3, -0.25) is 4.68 Å². The first-order chi connectivity index (χ1) is 8.56. The molecule has 1 aromatic rings. The summed E-state index contributed by atoms with van der Waals surface area (Å²) in [6.07, 6.45) is 4.40. The Morgan fingerprint density at radius 1 is 1.33 bits per heavy atom. The Morgan fingerprint density at radius 3 is 2.44 bits per heavy atom. The number of nitrogens with zero attached hydrogens (tertiary/aromatic N) is 3. The third-order valence-corrected chi connectivity index (χ3v) is 3.61. The highest BCUT2D eigenvalue weighted by molar-refractivity contribution is 5.66. The standard InChI is InChI=1S/C14H28N4/c1-6-9-10-18(11(4)7-2)14-13(15)12(8-3)16-17(14)5/h11H,6-10,15H2,1-5H3. The molecule has 1 atom stereocenters. The second kappa shape index (κ2) is 6.66. The third kappa shape index (κ3) is 2.98. The van der Waals surface area contributed by atoms with Gasteiger partial charge in [0, 0.05) is 19.6 Å². The number of unbranched alkanes of at least 4 members (excludes halogenated alkanes) is 1. The molecule has 0 aliphatic carbocycles. The van der Waals surface area contributed by atoms with Gasteiger partial charge in [0.05, 0.1) is 11.4 Å². The molecule has 2 N–H and O–H groups in total. The topological polar surface area (TPSA) is 47.1 Å². The average molecular weight is 252 g/mol. The SMILES string of the molecule is CCCCN(c1c(N)c(CC)nn1C)C(C)CC. The van der Waals surface area contributed by atoms with E-state index < -0.39 is 0 Å². The Bertz CT molecular complexity index is 370. The molecular weight excluding hydrogens is 224 g/mol. The Labute approximate surface area is 111 Å². The highest BCUT2D eigenvalue weighted by Gasteiger charge is 2.21. The van der Waals surface area contributed by atoms with E-state index in [0.717, 1.165) is 36.6 Å². The molecule has 4 heteroatoms. The van der Waals surface area contributed by atoms with Crippen LogP contribution < -0.4 is 10.6 Å². The van der Waals surface area contributed by atoms with Crippen LogP contribution in [0.3, 0.4) is 0 Å². The van der Waals surface area contributed by atoms with E-state index in [9.17, 15) is 0 Å². The number of anilines is 2. The molecule has 0 spiro atoms. The number of hydrogen-bond donors (Lipinski definition) is 1. The highest BCUT2D eigenvalue weighted by atomic mass is 15.4. The summed E-state index contributed by atoms with van der Waals surface area (Å²) < 4.78 is 1.94. The molecule has 18 heavy (non-hydrogen) atoms. The maximum absolute atomic E-state index is 6.25. The van der Waals surface area contributed by atoms with Crippen molar-refractivity contribution in [2.24, 2.45) is 7.05 Å². The lowest BCUT2D eigenvalue weighted by atomic mass is 10.2. The first kappa shape index (κ1) is 14.9. The van der Waals surface area contributed by atoms with Crippen molar-refractivity contribution in [1.82, 2.24) is 9.78 Å². The molecule has 1 heterocycles. The third-order valence-electron chi connectivity index (χ3n) is 3.61. The highest BCUT2D eigenvalue weighted by Crippen LogP contribution is 2.29. The van der Waals surface area contributed by atoms with E-state index in [1.54, 1.807) is 0 Å². The van der Waals surface area contributed by atoms with Crippen molar-refractivity contribution in [3.8, 4) is 0 Å². The fraction of sp³-hybridized carbons (Fsp3) is 0.786. The van der Waals surface area contributed by atoms with Gasteiger partial charge in [0.1, 0.15) is 0 Å². The maximum Gasteiger partial charge on any atom is 0.150 e. The predicted molar refractivity (Wildman–Crippen MR) is 79.0 cm³/mol. The number of hydrogen-bond acceptors (Lipinski definition) is 3. The van der Waals surface area contributed by atoms with Gasteiger partial charge in [-0.2, -0.15) is 5.10 Å². The summed E-state index contributed by atoms with van der Waals surface area (Å²) >= 11 is 0. The van der Waals surface area contributed by atoms with E-state index in [1.807, 2.05) is 11.7 Å². The van der Waals surface area contributed by atoms with Gasteiger partial charge in [-0.1, -0.05) is 27.2 Å². The van der Waals surface area contributed by atoms with Crippen molar-refractivity contribution in [3.05, 3.63) is 5.69 Å². The number of aromatic nitrogens is 2. The van der Waals surface area contributed by atoms with Crippen molar-refractivity contribution >= 4 is 11.5 Å². The Morgan fingerprint density at radius 2 is 2.00 bits per heavy atom.